The van der Waals surface area contributed by atoms with E-state index in [1.807, 2.05) is 60.7 Å². The number of Topliss-reactive ketones (excluding diaryl/α,β-unsaturated/α-hetero) is 1. The Morgan fingerprint density at radius 1 is 1.00 bits per heavy atom. The third kappa shape index (κ3) is 5.56. The molecule has 0 aliphatic carbocycles. The highest BCUT2D eigenvalue weighted by molar-refractivity contribution is 8.00. The van der Waals surface area contributed by atoms with Crippen LogP contribution >= 0.6 is 11.8 Å². The van der Waals surface area contributed by atoms with Crippen LogP contribution < -0.4 is 0 Å². The quantitative estimate of drug-likeness (QED) is 0.433. The molecule has 0 spiro atoms. The smallest absolute Gasteiger partial charge is 0.193 e. The summed E-state index contributed by atoms with van der Waals surface area (Å²) in [7, 11) is -2.05. The van der Waals surface area contributed by atoms with Gasteiger partial charge >= 0.3 is 0 Å². The lowest BCUT2D eigenvalue weighted by Crippen LogP contribution is -2.43. The highest BCUT2D eigenvalue weighted by Gasteiger charge is 2.41. The van der Waals surface area contributed by atoms with Gasteiger partial charge in [0.05, 0.1) is 5.75 Å². The lowest BCUT2D eigenvalue weighted by Gasteiger charge is -2.39. The van der Waals surface area contributed by atoms with E-state index < -0.39 is 14.4 Å². The van der Waals surface area contributed by atoms with E-state index in [1.54, 1.807) is 11.8 Å². The van der Waals surface area contributed by atoms with Crippen LogP contribution in [0.4, 0.5) is 0 Å². The lowest BCUT2D eigenvalue weighted by molar-refractivity contribution is -0.124. The number of thioether (sulfide) groups is 1. The second-order valence-corrected chi connectivity index (χ2v) is 13.5. The predicted molar refractivity (Wildman–Crippen MR) is 110 cm³/mol. The molecule has 2 nitrogen and oxygen atoms in total. The first-order valence-electron chi connectivity index (χ1n) is 8.64. The molecule has 1 unspecified atom stereocenters. The van der Waals surface area contributed by atoms with Crippen LogP contribution in [0.3, 0.4) is 0 Å². The van der Waals surface area contributed by atoms with Crippen LogP contribution in [0.1, 0.15) is 32.4 Å². The number of rotatable bonds is 7. The zero-order valence-corrected chi connectivity index (χ0v) is 17.6. The van der Waals surface area contributed by atoms with Crippen LogP contribution in [0, 0.1) is 0 Å². The summed E-state index contributed by atoms with van der Waals surface area (Å²) in [4.78, 5) is 14.1. The fourth-order valence-corrected chi connectivity index (χ4v) is 4.19. The molecular formula is C21H28O2SSi. The Bertz CT molecular complexity index is 678. The Balaban J connectivity index is 2.18. The second kappa shape index (κ2) is 8.34. The molecule has 1 atom stereocenters. The molecule has 0 aliphatic heterocycles. The normalized spacial score (nSPS) is 13.5. The van der Waals surface area contributed by atoms with Crippen molar-refractivity contribution in [1.29, 1.82) is 0 Å². The van der Waals surface area contributed by atoms with E-state index in [9.17, 15) is 4.79 Å². The maximum atomic E-state index is 13.0. The highest BCUT2D eigenvalue weighted by atomic mass is 32.2. The Labute approximate surface area is 157 Å². The monoisotopic (exact) mass is 372 g/mol. The standard InChI is InChI=1S/C21H28O2SSi/c1-21(2,3)25(4,5)23-20(17-12-8-6-9-13-17)19(22)16-24-18-14-10-7-11-15-18/h6-15,20H,16H2,1-5H3. The summed E-state index contributed by atoms with van der Waals surface area (Å²) in [5.74, 6) is 0.544. The number of benzene rings is 2. The van der Waals surface area contributed by atoms with Gasteiger partial charge in [0.1, 0.15) is 6.10 Å². The molecule has 2 aromatic carbocycles. The van der Waals surface area contributed by atoms with Gasteiger partial charge in [-0.1, -0.05) is 69.3 Å². The van der Waals surface area contributed by atoms with Crippen LogP contribution in [-0.2, 0) is 9.22 Å². The van der Waals surface area contributed by atoms with Gasteiger partial charge < -0.3 is 4.43 Å². The van der Waals surface area contributed by atoms with Gasteiger partial charge in [-0.25, -0.2) is 0 Å². The Morgan fingerprint density at radius 2 is 1.52 bits per heavy atom. The molecule has 0 fully saturated rings. The molecule has 2 aromatic rings. The first kappa shape index (κ1) is 20.0. The van der Waals surface area contributed by atoms with Gasteiger partial charge in [0, 0.05) is 4.90 Å². The predicted octanol–water partition coefficient (Wildman–Crippen LogP) is 6.11. The van der Waals surface area contributed by atoms with Crippen molar-refractivity contribution < 1.29 is 9.22 Å². The van der Waals surface area contributed by atoms with Crippen molar-refractivity contribution in [2.75, 3.05) is 5.75 Å². The fourth-order valence-electron chi connectivity index (χ4n) is 2.17. The van der Waals surface area contributed by atoms with Crippen molar-refractivity contribution in [3.05, 3.63) is 66.2 Å². The van der Waals surface area contributed by atoms with Gasteiger partial charge in [0.25, 0.3) is 0 Å². The molecule has 0 aromatic heterocycles. The third-order valence-corrected chi connectivity index (χ3v) is 10.2. The molecule has 0 aliphatic rings. The highest BCUT2D eigenvalue weighted by Crippen LogP contribution is 2.40. The largest absolute Gasteiger partial charge is 0.403 e. The van der Waals surface area contributed by atoms with Gasteiger partial charge in [-0.3, -0.25) is 4.79 Å². The minimum absolute atomic E-state index is 0.0624. The van der Waals surface area contributed by atoms with Crippen LogP contribution in [0.15, 0.2) is 65.6 Å². The molecule has 0 saturated carbocycles. The minimum Gasteiger partial charge on any atom is -0.403 e. The molecule has 4 heteroatoms. The topological polar surface area (TPSA) is 26.3 Å². The first-order chi connectivity index (χ1) is 11.7. The molecule has 0 N–H and O–H groups in total. The average molecular weight is 373 g/mol. The maximum absolute atomic E-state index is 13.0. The molecule has 0 saturated heterocycles. The van der Waals surface area contributed by atoms with E-state index in [1.165, 1.54) is 0 Å². The number of ketones is 1. The Kier molecular flexibility index (Phi) is 6.66. The van der Waals surface area contributed by atoms with Crippen LogP contribution in [0.2, 0.25) is 18.1 Å². The number of carbonyl (C=O) groups is 1. The molecule has 2 rings (SSSR count). The number of carbonyl (C=O) groups excluding carboxylic acids is 1. The Hall–Kier alpha value is -1.36. The van der Waals surface area contributed by atoms with Crippen molar-refractivity contribution in [2.24, 2.45) is 0 Å². The molecule has 0 bridgehead atoms. The van der Waals surface area contributed by atoms with E-state index in [0.29, 0.717) is 5.75 Å². The maximum Gasteiger partial charge on any atom is 0.193 e. The van der Waals surface area contributed by atoms with E-state index in [0.717, 1.165) is 10.5 Å². The average Bonchev–Trinajstić information content (AvgIpc) is 2.58. The summed E-state index contributed by atoms with van der Waals surface area (Å²) >= 11 is 1.57. The molecule has 0 amide bonds. The van der Waals surface area contributed by atoms with E-state index >= 15 is 0 Å². The van der Waals surface area contributed by atoms with E-state index in [-0.39, 0.29) is 10.8 Å². The van der Waals surface area contributed by atoms with E-state index in [2.05, 4.69) is 33.9 Å². The van der Waals surface area contributed by atoms with Crippen molar-refractivity contribution in [2.45, 2.75) is 49.9 Å². The summed E-state index contributed by atoms with van der Waals surface area (Å²) in [6.45, 7) is 11.0. The van der Waals surface area contributed by atoms with Gasteiger partial charge in [-0.2, -0.15) is 0 Å². The summed E-state index contributed by atoms with van der Waals surface area (Å²) in [5, 5.41) is 0.0624. The lowest BCUT2D eigenvalue weighted by atomic mass is 10.1. The van der Waals surface area contributed by atoms with Gasteiger partial charge in [0.15, 0.2) is 14.1 Å². The minimum atomic E-state index is -2.05. The summed E-state index contributed by atoms with van der Waals surface area (Å²) in [6, 6.07) is 19.9. The van der Waals surface area contributed by atoms with Gasteiger partial charge in [-0.15, -0.1) is 11.8 Å². The second-order valence-electron chi connectivity index (χ2n) is 7.74. The van der Waals surface area contributed by atoms with Gasteiger partial charge in [0.2, 0.25) is 0 Å². The first-order valence-corrected chi connectivity index (χ1v) is 12.5. The zero-order valence-electron chi connectivity index (χ0n) is 15.8. The van der Waals surface area contributed by atoms with Crippen molar-refractivity contribution in [1.82, 2.24) is 0 Å². The molecule has 134 valence electrons. The summed E-state index contributed by atoms with van der Waals surface area (Å²) in [5.41, 5.74) is 0.950. The molecular weight excluding hydrogens is 344 g/mol. The SMILES string of the molecule is CC(C)(C)[Si](C)(C)OC(C(=O)CSc1ccccc1)c1ccccc1. The molecule has 0 radical (unpaired) electrons. The fraction of sp³-hybridized carbons (Fsp3) is 0.381. The van der Waals surface area contributed by atoms with Crippen LogP contribution in [0.25, 0.3) is 0 Å². The van der Waals surface area contributed by atoms with Crippen LogP contribution in [0.5, 0.6) is 0 Å². The van der Waals surface area contributed by atoms with Crippen molar-refractivity contribution >= 4 is 25.9 Å². The third-order valence-electron chi connectivity index (χ3n) is 4.74. The van der Waals surface area contributed by atoms with Gasteiger partial charge in [-0.05, 0) is 35.8 Å². The Morgan fingerprint density at radius 3 is 2.04 bits per heavy atom. The van der Waals surface area contributed by atoms with Crippen molar-refractivity contribution in [3.8, 4) is 0 Å². The number of hydrogen-bond acceptors (Lipinski definition) is 3. The zero-order chi connectivity index (χ0) is 18.5. The molecule has 0 heterocycles. The molecule has 25 heavy (non-hydrogen) atoms. The van der Waals surface area contributed by atoms with Crippen molar-refractivity contribution in [3.63, 3.8) is 0 Å². The van der Waals surface area contributed by atoms with E-state index in [4.69, 9.17) is 4.43 Å². The summed E-state index contributed by atoms with van der Waals surface area (Å²) < 4.78 is 6.51. The summed E-state index contributed by atoms with van der Waals surface area (Å²) in [6.07, 6.45) is -0.488. The van der Waals surface area contributed by atoms with Crippen LogP contribution in [-0.4, -0.2) is 19.9 Å². The number of hydrogen-bond donors (Lipinski definition) is 0.